The largest absolute Gasteiger partial charge is 0.352 e. The van der Waals surface area contributed by atoms with E-state index in [1.807, 2.05) is 30.3 Å². The number of benzene rings is 1. The highest BCUT2D eigenvalue weighted by Crippen LogP contribution is 2.11. The predicted octanol–water partition coefficient (Wildman–Crippen LogP) is 0.922. The molecule has 1 aliphatic rings. The molecule has 0 aromatic heterocycles. The third-order valence-corrected chi connectivity index (χ3v) is 4.85. The highest BCUT2D eigenvalue weighted by Gasteiger charge is 2.28. The molecular formula is C13H17NO3S. The average molecular weight is 267 g/mol. The molecular weight excluding hydrogens is 250 g/mol. The summed E-state index contributed by atoms with van der Waals surface area (Å²) in [5.74, 6) is 0.210. The van der Waals surface area contributed by atoms with Crippen molar-refractivity contribution >= 4 is 15.7 Å². The Hall–Kier alpha value is -1.36. The summed E-state index contributed by atoms with van der Waals surface area (Å²) in [6, 6.07) is 9.58. The van der Waals surface area contributed by atoms with Crippen LogP contribution in [0.4, 0.5) is 0 Å². The van der Waals surface area contributed by atoms with Crippen LogP contribution in [0.25, 0.3) is 0 Å². The van der Waals surface area contributed by atoms with E-state index in [2.05, 4.69) is 5.32 Å². The average Bonchev–Trinajstić information content (AvgIpc) is 2.67. The van der Waals surface area contributed by atoms with Gasteiger partial charge in [-0.05, 0) is 18.4 Å². The molecule has 2 rings (SSSR count). The van der Waals surface area contributed by atoms with Crippen LogP contribution in [0, 0.1) is 0 Å². The number of sulfone groups is 1. The summed E-state index contributed by atoms with van der Waals surface area (Å²) in [5, 5.41) is 2.79. The van der Waals surface area contributed by atoms with Crippen LogP contribution in [0.2, 0.25) is 0 Å². The maximum Gasteiger partial charge on any atom is 0.220 e. The summed E-state index contributed by atoms with van der Waals surface area (Å²) in [7, 11) is -2.92. The molecule has 5 heteroatoms. The third-order valence-electron chi connectivity index (χ3n) is 3.08. The molecule has 1 N–H and O–H groups in total. The standard InChI is InChI=1S/C13H17NO3S/c15-13(7-6-11-4-2-1-3-5-11)14-12-8-9-18(16,17)10-12/h1-5,12H,6-10H2,(H,14,15)/t12-/m0/s1. The summed E-state index contributed by atoms with van der Waals surface area (Å²) in [6.07, 6.45) is 1.63. The number of carbonyl (C=O) groups excluding carboxylic acids is 1. The highest BCUT2D eigenvalue weighted by molar-refractivity contribution is 7.91. The lowest BCUT2D eigenvalue weighted by Crippen LogP contribution is -2.35. The quantitative estimate of drug-likeness (QED) is 0.882. The molecule has 1 heterocycles. The van der Waals surface area contributed by atoms with Crippen molar-refractivity contribution in [1.82, 2.24) is 5.32 Å². The van der Waals surface area contributed by atoms with Gasteiger partial charge in [0.1, 0.15) is 0 Å². The summed E-state index contributed by atoms with van der Waals surface area (Å²) in [5.41, 5.74) is 1.12. The molecule has 0 spiro atoms. The van der Waals surface area contributed by atoms with Crippen molar-refractivity contribution in [3.05, 3.63) is 35.9 Å². The minimum Gasteiger partial charge on any atom is -0.352 e. The molecule has 0 bridgehead atoms. The molecule has 1 atom stereocenters. The second-order valence-corrected chi connectivity index (χ2v) is 6.88. The predicted molar refractivity (Wildman–Crippen MR) is 70.0 cm³/mol. The second kappa shape index (κ2) is 5.52. The SMILES string of the molecule is O=C(CCc1ccccc1)N[C@H]1CCS(=O)(=O)C1. The first kappa shape index (κ1) is 13.1. The minimum atomic E-state index is -2.92. The van der Waals surface area contributed by atoms with Gasteiger partial charge in [0.25, 0.3) is 0 Å². The molecule has 4 nitrogen and oxygen atoms in total. The summed E-state index contributed by atoms with van der Waals surface area (Å²) >= 11 is 0. The van der Waals surface area contributed by atoms with Gasteiger partial charge < -0.3 is 5.32 Å². The molecule has 1 aliphatic heterocycles. The van der Waals surface area contributed by atoms with Crippen LogP contribution < -0.4 is 5.32 Å². The Morgan fingerprint density at radius 2 is 2.00 bits per heavy atom. The highest BCUT2D eigenvalue weighted by atomic mass is 32.2. The van der Waals surface area contributed by atoms with Crippen molar-refractivity contribution < 1.29 is 13.2 Å². The van der Waals surface area contributed by atoms with E-state index in [1.165, 1.54) is 0 Å². The lowest BCUT2D eigenvalue weighted by Gasteiger charge is -2.10. The number of hydrogen-bond donors (Lipinski definition) is 1. The Balaban J connectivity index is 1.76. The molecule has 1 amide bonds. The van der Waals surface area contributed by atoms with Crippen LogP contribution in [-0.4, -0.2) is 31.9 Å². The van der Waals surface area contributed by atoms with E-state index < -0.39 is 9.84 Å². The van der Waals surface area contributed by atoms with Gasteiger partial charge in [0, 0.05) is 12.5 Å². The van der Waals surface area contributed by atoms with Gasteiger partial charge >= 0.3 is 0 Å². The first-order chi connectivity index (χ1) is 8.55. The van der Waals surface area contributed by atoms with E-state index in [9.17, 15) is 13.2 Å². The third kappa shape index (κ3) is 3.84. The smallest absolute Gasteiger partial charge is 0.220 e. The zero-order chi connectivity index (χ0) is 13.0. The van der Waals surface area contributed by atoms with Gasteiger partial charge in [-0.2, -0.15) is 0 Å². The van der Waals surface area contributed by atoms with E-state index in [4.69, 9.17) is 0 Å². The number of amides is 1. The number of rotatable bonds is 4. The van der Waals surface area contributed by atoms with Gasteiger partial charge in [0.2, 0.25) is 5.91 Å². The molecule has 98 valence electrons. The van der Waals surface area contributed by atoms with Crippen molar-refractivity contribution in [3.8, 4) is 0 Å². The minimum absolute atomic E-state index is 0.0686. The number of aryl methyl sites for hydroxylation is 1. The van der Waals surface area contributed by atoms with Crippen molar-refractivity contribution in [2.45, 2.75) is 25.3 Å². The first-order valence-electron chi connectivity index (χ1n) is 6.09. The zero-order valence-electron chi connectivity index (χ0n) is 10.1. The molecule has 0 saturated carbocycles. The van der Waals surface area contributed by atoms with Gasteiger partial charge in [-0.25, -0.2) is 8.42 Å². The van der Waals surface area contributed by atoms with Gasteiger partial charge in [-0.15, -0.1) is 0 Å². The summed E-state index contributed by atoms with van der Waals surface area (Å²) < 4.78 is 22.5. The normalized spacial score (nSPS) is 21.7. The topological polar surface area (TPSA) is 63.2 Å². The van der Waals surface area contributed by atoms with Crippen LogP contribution in [0.1, 0.15) is 18.4 Å². The Labute approximate surface area is 107 Å². The van der Waals surface area contributed by atoms with Gasteiger partial charge in [0.15, 0.2) is 9.84 Å². The molecule has 1 aromatic carbocycles. The van der Waals surface area contributed by atoms with Gasteiger partial charge in [0.05, 0.1) is 11.5 Å². The number of hydrogen-bond acceptors (Lipinski definition) is 3. The van der Waals surface area contributed by atoms with Crippen molar-refractivity contribution in [1.29, 1.82) is 0 Å². The molecule has 1 saturated heterocycles. The van der Waals surface area contributed by atoms with Crippen molar-refractivity contribution in [3.63, 3.8) is 0 Å². The monoisotopic (exact) mass is 267 g/mol. The Morgan fingerprint density at radius 3 is 2.61 bits per heavy atom. The fourth-order valence-electron chi connectivity index (χ4n) is 2.11. The van der Waals surface area contributed by atoms with Crippen LogP contribution in [-0.2, 0) is 21.1 Å². The van der Waals surface area contributed by atoms with Crippen LogP contribution in [0.3, 0.4) is 0 Å². The van der Waals surface area contributed by atoms with Crippen LogP contribution >= 0.6 is 0 Å². The van der Waals surface area contributed by atoms with Crippen molar-refractivity contribution in [2.75, 3.05) is 11.5 Å². The fraction of sp³-hybridized carbons (Fsp3) is 0.462. The van der Waals surface area contributed by atoms with E-state index in [-0.39, 0.29) is 23.5 Å². The molecule has 1 fully saturated rings. The van der Waals surface area contributed by atoms with E-state index in [0.717, 1.165) is 5.56 Å². The summed E-state index contributed by atoms with van der Waals surface area (Å²) in [6.45, 7) is 0. The Bertz CT molecular complexity index is 510. The van der Waals surface area contributed by atoms with E-state index in [0.29, 0.717) is 19.3 Å². The van der Waals surface area contributed by atoms with Gasteiger partial charge in [-0.1, -0.05) is 30.3 Å². The maximum atomic E-state index is 11.7. The summed E-state index contributed by atoms with van der Waals surface area (Å²) in [4.78, 5) is 11.7. The van der Waals surface area contributed by atoms with Crippen LogP contribution in [0.5, 0.6) is 0 Å². The lowest BCUT2D eigenvalue weighted by atomic mass is 10.1. The molecule has 1 aromatic rings. The molecule has 0 unspecified atom stereocenters. The lowest BCUT2D eigenvalue weighted by molar-refractivity contribution is -0.121. The molecule has 0 aliphatic carbocycles. The molecule has 0 radical (unpaired) electrons. The Morgan fingerprint density at radius 1 is 1.28 bits per heavy atom. The zero-order valence-corrected chi connectivity index (χ0v) is 10.9. The number of nitrogens with one attached hydrogen (secondary N) is 1. The van der Waals surface area contributed by atoms with E-state index in [1.54, 1.807) is 0 Å². The molecule has 18 heavy (non-hydrogen) atoms. The van der Waals surface area contributed by atoms with Crippen molar-refractivity contribution in [2.24, 2.45) is 0 Å². The Kier molecular flexibility index (Phi) is 4.01. The first-order valence-corrected chi connectivity index (χ1v) is 7.91. The number of carbonyl (C=O) groups is 1. The van der Waals surface area contributed by atoms with Gasteiger partial charge in [-0.3, -0.25) is 4.79 Å². The fourth-order valence-corrected chi connectivity index (χ4v) is 3.78. The van der Waals surface area contributed by atoms with E-state index >= 15 is 0 Å². The maximum absolute atomic E-state index is 11.7. The second-order valence-electron chi connectivity index (χ2n) is 4.65. The van der Waals surface area contributed by atoms with Crippen LogP contribution in [0.15, 0.2) is 30.3 Å².